The van der Waals surface area contributed by atoms with E-state index in [1.807, 2.05) is 30.3 Å². The first-order valence-electron chi connectivity index (χ1n) is 9.39. The van der Waals surface area contributed by atoms with Gasteiger partial charge in [-0.25, -0.2) is 14.6 Å². The summed E-state index contributed by atoms with van der Waals surface area (Å²) in [6, 6.07) is 9.19. The highest BCUT2D eigenvalue weighted by Gasteiger charge is 2.26. The van der Waals surface area contributed by atoms with Crippen molar-refractivity contribution in [3.05, 3.63) is 41.8 Å². The summed E-state index contributed by atoms with van der Waals surface area (Å²) in [5, 5.41) is 0. The zero-order chi connectivity index (χ0) is 20.8. The number of esters is 1. The van der Waals surface area contributed by atoms with E-state index in [1.54, 1.807) is 23.6 Å². The number of ether oxygens (including phenoxy) is 2. The molecule has 0 atom stereocenters. The lowest BCUT2D eigenvalue weighted by atomic mass is 10.2. The number of hydrogen-bond donors (Lipinski definition) is 0. The lowest BCUT2D eigenvalue weighted by molar-refractivity contribution is -0.136. The molecular formula is C20H23N3O6. The van der Waals surface area contributed by atoms with Crippen molar-refractivity contribution in [3.8, 4) is 11.5 Å². The topological polar surface area (TPSA) is 102 Å². The Labute approximate surface area is 168 Å². The summed E-state index contributed by atoms with van der Waals surface area (Å²) in [5.74, 6) is -0.404. The predicted molar refractivity (Wildman–Crippen MR) is 102 cm³/mol. The Morgan fingerprint density at radius 1 is 1.03 bits per heavy atom. The molecule has 1 fully saturated rings. The van der Waals surface area contributed by atoms with Gasteiger partial charge in [-0.05, 0) is 26.0 Å². The summed E-state index contributed by atoms with van der Waals surface area (Å²) >= 11 is 0. The number of aromatic nitrogens is 1. The maximum atomic E-state index is 12.3. The highest BCUT2D eigenvalue weighted by Crippen LogP contribution is 2.21. The molecule has 0 radical (unpaired) electrons. The summed E-state index contributed by atoms with van der Waals surface area (Å²) in [5.41, 5.74) is 0.786. The van der Waals surface area contributed by atoms with Crippen LogP contribution in [-0.4, -0.2) is 72.1 Å². The van der Waals surface area contributed by atoms with E-state index in [0.29, 0.717) is 44.4 Å². The van der Waals surface area contributed by atoms with Gasteiger partial charge in [-0.1, -0.05) is 18.2 Å². The summed E-state index contributed by atoms with van der Waals surface area (Å²) < 4.78 is 15.6. The van der Waals surface area contributed by atoms with Crippen LogP contribution in [0.15, 0.2) is 34.7 Å². The molecule has 2 aromatic rings. The molecule has 0 aliphatic carbocycles. The van der Waals surface area contributed by atoms with Crippen LogP contribution in [0.5, 0.6) is 0 Å². The Morgan fingerprint density at radius 2 is 1.69 bits per heavy atom. The molecule has 9 nitrogen and oxygen atoms in total. The van der Waals surface area contributed by atoms with Gasteiger partial charge in [0.1, 0.15) is 5.76 Å². The number of carbonyl (C=O) groups is 3. The van der Waals surface area contributed by atoms with E-state index in [-0.39, 0.29) is 17.7 Å². The number of benzene rings is 1. The van der Waals surface area contributed by atoms with E-state index in [1.165, 1.54) is 0 Å². The maximum Gasteiger partial charge on any atom is 0.409 e. The molecule has 0 saturated carbocycles. The van der Waals surface area contributed by atoms with Crippen LogP contribution in [0.3, 0.4) is 0 Å². The smallest absolute Gasteiger partial charge is 0.409 e. The standard InChI is InChI=1S/C20H23N3O6/c1-3-27-20(26)23-11-9-22(10-12-23)16(24)13-28-19(25)17-14(2)29-18(21-17)15-7-5-4-6-8-15/h4-8H,3,9-13H2,1-2H3. The molecular weight excluding hydrogens is 378 g/mol. The molecule has 0 unspecified atom stereocenters. The van der Waals surface area contributed by atoms with Crippen LogP contribution in [0.25, 0.3) is 11.5 Å². The van der Waals surface area contributed by atoms with Gasteiger partial charge in [0.05, 0.1) is 6.61 Å². The van der Waals surface area contributed by atoms with Crippen LogP contribution in [0.2, 0.25) is 0 Å². The maximum absolute atomic E-state index is 12.3. The largest absolute Gasteiger partial charge is 0.451 e. The second kappa shape index (κ2) is 9.22. The van der Waals surface area contributed by atoms with Crippen molar-refractivity contribution in [2.24, 2.45) is 0 Å². The third-order valence-corrected chi connectivity index (χ3v) is 4.50. The molecule has 1 saturated heterocycles. The highest BCUT2D eigenvalue weighted by atomic mass is 16.6. The molecule has 0 bridgehead atoms. The number of amides is 2. The van der Waals surface area contributed by atoms with Crippen LogP contribution < -0.4 is 0 Å². The lowest BCUT2D eigenvalue weighted by Gasteiger charge is -2.33. The molecule has 29 heavy (non-hydrogen) atoms. The second-order valence-corrected chi connectivity index (χ2v) is 6.43. The van der Waals surface area contributed by atoms with Gasteiger partial charge in [0, 0.05) is 31.7 Å². The Balaban J connectivity index is 1.52. The molecule has 0 N–H and O–H groups in total. The molecule has 3 rings (SSSR count). The number of piperazine rings is 1. The molecule has 2 heterocycles. The Morgan fingerprint density at radius 3 is 2.34 bits per heavy atom. The monoisotopic (exact) mass is 401 g/mol. The number of carbonyl (C=O) groups excluding carboxylic acids is 3. The van der Waals surface area contributed by atoms with Gasteiger partial charge in [0.25, 0.3) is 5.91 Å². The van der Waals surface area contributed by atoms with Gasteiger partial charge >= 0.3 is 12.1 Å². The fraction of sp³-hybridized carbons (Fsp3) is 0.400. The summed E-state index contributed by atoms with van der Waals surface area (Å²) in [7, 11) is 0. The van der Waals surface area contributed by atoms with Crippen molar-refractivity contribution < 1.29 is 28.3 Å². The van der Waals surface area contributed by atoms with Crippen molar-refractivity contribution in [2.45, 2.75) is 13.8 Å². The third kappa shape index (κ3) is 4.92. The lowest BCUT2D eigenvalue weighted by Crippen LogP contribution is -2.51. The van der Waals surface area contributed by atoms with Gasteiger partial charge in [0.15, 0.2) is 12.3 Å². The van der Waals surface area contributed by atoms with Gasteiger partial charge in [-0.2, -0.15) is 0 Å². The first-order valence-corrected chi connectivity index (χ1v) is 9.39. The van der Waals surface area contributed by atoms with Crippen LogP contribution in [0, 0.1) is 6.92 Å². The van der Waals surface area contributed by atoms with Crippen LogP contribution >= 0.6 is 0 Å². The molecule has 0 spiro atoms. The SMILES string of the molecule is CCOC(=O)N1CCN(C(=O)COC(=O)c2nc(-c3ccccc3)oc2C)CC1. The van der Waals surface area contributed by atoms with Crippen molar-refractivity contribution in [2.75, 3.05) is 39.4 Å². The number of hydrogen-bond acceptors (Lipinski definition) is 7. The zero-order valence-electron chi connectivity index (χ0n) is 16.4. The molecule has 1 aliphatic rings. The van der Waals surface area contributed by atoms with Crippen molar-refractivity contribution in [3.63, 3.8) is 0 Å². The van der Waals surface area contributed by atoms with Crippen LogP contribution in [0.1, 0.15) is 23.2 Å². The predicted octanol–water partition coefficient (Wildman–Crippen LogP) is 2.11. The summed E-state index contributed by atoms with van der Waals surface area (Å²) in [6.45, 7) is 4.74. The molecule has 9 heteroatoms. The second-order valence-electron chi connectivity index (χ2n) is 6.43. The highest BCUT2D eigenvalue weighted by molar-refractivity contribution is 5.91. The van der Waals surface area contributed by atoms with E-state index in [2.05, 4.69) is 4.98 Å². The number of oxazole rings is 1. The van der Waals surface area contributed by atoms with E-state index in [0.717, 1.165) is 5.56 Å². The Kier molecular flexibility index (Phi) is 6.48. The minimum absolute atomic E-state index is 0.0452. The minimum atomic E-state index is -0.716. The van der Waals surface area contributed by atoms with E-state index >= 15 is 0 Å². The number of nitrogens with zero attached hydrogens (tertiary/aromatic N) is 3. The van der Waals surface area contributed by atoms with Crippen LogP contribution in [-0.2, 0) is 14.3 Å². The van der Waals surface area contributed by atoms with Gasteiger partial charge in [-0.3, -0.25) is 4.79 Å². The van der Waals surface area contributed by atoms with E-state index in [9.17, 15) is 14.4 Å². The summed E-state index contributed by atoms with van der Waals surface area (Å²) in [6.07, 6.45) is -0.387. The van der Waals surface area contributed by atoms with Crippen molar-refractivity contribution >= 4 is 18.0 Å². The Bertz CT molecular complexity index is 872. The average molecular weight is 401 g/mol. The fourth-order valence-electron chi connectivity index (χ4n) is 2.93. The minimum Gasteiger partial charge on any atom is -0.451 e. The third-order valence-electron chi connectivity index (χ3n) is 4.50. The molecule has 1 aliphatic heterocycles. The number of rotatable bonds is 5. The normalized spacial score (nSPS) is 13.9. The fourth-order valence-corrected chi connectivity index (χ4v) is 2.93. The molecule has 1 aromatic heterocycles. The molecule has 154 valence electrons. The Hall–Kier alpha value is -3.36. The summed E-state index contributed by atoms with van der Waals surface area (Å²) in [4.78, 5) is 43.6. The number of aryl methyl sites for hydroxylation is 1. The van der Waals surface area contributed by atoms with E-state index < -0.39 is 12.6 Å². The average Bonchev–Trinajstić information content (AvgIpc) is 3.14. The molecule has 1 aromatic carbocycles. The van der Waals surface area contributed by atoms with Crippen LogP contribution in [0.4, 0.5) is 4.79 Å². The first-order chi connectivity index (χ1) is 14.0. The zero-order valence-corrected chi connectivity index (χ0v) is 16.4. The van der Waals surface area contributed by atoms with Gasteiger partial charge in [0.2, 0.25) is 5.89 Å². The van der Waals surface area contributed by atoms with Gasteiger partial charge < -0.3 is 23.7 Å². The quantitative estimate of drug-likeness (QED) is 0.707. The van der Waals surface area contributed by atoms with E-state index in [4.69, 9.17) is 13.9 Å². The van der Waals surface area contributed by atoms with Crippen molar-refractivity contribution in [1.82, 2.24) is 14.8 Å². The van der Waals surface area contributed by atoms with Gasteiger partial charge in [-0.15, -0.1) is 0 Å². The molecule has 2 amide bonds. The first kappa shape index (κ1) is 20.4. The van der Waals surface area contributed by atoms with Crippen molar-refractivity contribution in [1.29, 1.82) is 0 Å².